The van der Waals surface area contributed by atoms with Crippen molar-refractivity contribution in [2.24, 2.45) is 4.99 Å². The van der Waals surface area contributed by atoms with E-state index in [-0.39, 0.29) is 11.5 Å². The molecule has 0 spiro atoms. The number of carbonyl (C=O) groups is 1. The summed E-state index contributed by atoms with van der Waals surface area (Å²) >= 11 is 0. The number of carbonyl (C=O) groups excluding carboxylic acids is 1. The van der Waals surface area contributed by atoms with Gasteiger partial charge in [-0.05, 0) is 24.3 Å². The van der Waals surface area contributed by atoms with Crippen LogP contribution in [0.25, 0.3) is 0 Å². The molecule has 0 aliphatic carbocycles. The van der Waals surface area contributed by atoms with Crippen LogP contribution in [0.2, 0.25) is 0 Å². The number of aromatic hydroxyl groups is 1. The number of nitrogens with zero attached hydrogens (tertiary/aromatic N) is 2. The molecule has 0 aliphatic heterocycles. The average molecular weight is 256 g/mol. The lowest BCUT2D eigenvalue weighted by molar-refractivity contribution is 0.112. The second-order valence-corrected chi connectivity index (χ2v) is 3.72. The maximum Gasteiger partial charge on any atom is 0.166 e. The van der Waals surface area contributed by atoms with Gasteiger partial charge in [-0.3, -0.25) is 4.79 Å². The minimum Gasteiger partial charge on any atom is -0.504 e. The fraction of sp³-hybridized carbons (Fsp3) is 0.0714. The molecule has 1 N–H and O–H groups in total. The van der Waals surface area contributed by atoms with E-state index in [1.165, 1.54) is 25.5 Å². The normalized spacial score (nSPS) is 10.6. The van der Waals surface area contributed by atoms with Crippen molar-refractivity contribution in [2.45, 2.75) is 0 Å². The van der Waals surface area contributed by atoms with Gasteiger partial charge in [0.25, 0.3) is 0 Å². The Kier molecular flexibility index (Phi) is 3.87. The van der Waals surface area contributed by atoms with E-state index < -0.39 is 0 Å². The van der Waals surface area contributed by atoms with Crippen molar-refractivity contribution in [2.75, 3.05) is 7.11 Å². The summed E-state index contributed by atoms with van der Waals surface area (Å²) in [5, 5.41) is 9.93. The lowest BCUT2D eigenvalue weighted by Gasteiger charge is -2.06. The molecule has 0 amide bonds. The Bertz CT molecular complexity index is 610. The standard InChI is InChI=1S/C14H12N2O3/c1-19-12-7-10(9-17)6-11(14(12)18)8-16-13-4-2-3-5-15-13/h2-9,18H,1H3/b16-8+. The van der Waals surface area contributed by atoms with Crippen LogP contribution in [-0.2, 0) is 0 Å². The molecule has 19 heavy (non-hydrogen) atoms. The summed E-state index contributed by atoms with van der Waals surface area (Å²) in [6, 6.07) is 8.31. The minimum absolute atomic E-state index is 0.0622. The van der Waals surface area contributed by atoms with Gasteiger partial charge < -0.3 is 9.84 Å². The highest BCUT2D eigenvalue weighted by Crippen LogP contribution is 2.30. The Morgan fingerprint density at radius 3 is 2.84 bits per heavy atom. The summed E-state index contributed by atoms with van der Waals surface area (Å²) in [4.78, 5) is 19.0. The van der Waals surface area contributed by atoms with E-state index in [0.717, 1.165) is 0 Å². The molecule has 1 aromatic carbocycles. The van der Waals surface area contributed by atoms with Crippen LogP contribution in [0.3, 0.4) is 0 Å². The number of ether oxygens (including phenoxy) is 1. The largest absolute Gasteiger partial charge is 0.504 e. The van der Waals surface area contributed by atoms with Crippen molar-refractivity contribution in [1.82, 2.24) is 4.98 Å². The highest BCUT2D eigenvalue weighted by Gasteiger charge is 2.08. The Hall–Kier alpha value is -2.69. The minimum atomic E-state index is -0.0622. The molecule has 96 valence electrons. The quantitative estimate of drug-likeness (QED) is 0.673. The van der Waals surface area contributed by atoms with Gasteiger partial charge in [-0.25, -0.2) is 9.98 Å². The van der Waals surface area contributed by atoms with Gasteiger partial charge >= 0.3 is 0 Å². The number of benzene rings is 1. The summed E-state index contributed by atoms with van der Waals surface area (Å²) < 4.78 is 4.99. The number of phenols is 1. The first-order valence-electron chi connectivity index (χ1n) is 5.56. The smallest absolute Gasteiger partial charge is 0.166 e. The predicted molar refractivity (Wildman–Crippen MR) is 71.5 cm³/mol. The summed E-state index contributed by atoms with van der Waals surface area (Å²) in [6.07, 6.45) is 3.74. The number of hydrogen-bond donors (Lipinski definition) is 1. The zero-order valence-electron chi connectivity index (χ0n) is 10.3. The van der Waals surface area contributed by atoms with Crippen molar-refractivity contribution in [3.63, 3.8) is 0 Å². The summed E-state index contributed by atoms with van der Waals surface area (Å²) in [6.45, 7) is 0. The molecular formula is C14H12N2O3. The molecule has 1 heterocycles. The monoisotopic (exact) mass is 256 g/mol. The van der Waals surface area contributed by atoms with Gasteiger partial charge in [-0.15, -0.1) is 0 Å². The number of phenolic OH excluding ortho intramolecular Hbond substituents is 1. The van der Waals surface area contributed by atoms with Crippen molar-refractivity contribution in [1.29, 1.82) is 0 Å². The molecule has 0 bridgehead atoms. The summed E-state index contributed by atoms with van der Waals surface area (Å²) in [5.41, 5.74) is 0.796. The first kappa shape index (κ1) is 12.8. The van der Waals surface area contributed by atoms with Gasteiger partial charge in [-0.2, -0.15) is 0 Å². The van der Waals surface area contributed by atoms with Crippen LogP contribution in [0.15, 0.2) is 41.5 Å². The highest BCUT2D eigenvalue weighted by atomic mass is 16.5. The molecule has 0 saturated carbocycles. The molecule has 0 fully saturated rings. The fourth-order valence-corrected chi connectivity index (χ4v) is 1.54. The van der Waals surface area contributed by atoms with Crippen molar-refractivity contribution in [3.8, 4) is 11.5 Å². The lowest BCUT2D eigenvalue weighted by Crippen LogP contribution is -1.92. The van der Waals surface area contributed by atoms with Crippen LogP contribution in [0, 0.1) is 0 Å². The number of hydrogen-bond acceptors (Lipinski definition) is 5. The second-order valence-electron chi connectivity index (χ2n) is 3.72. The fourth-order valence-electron chi connectivity index (χ4n) is 1.54. The Balaban J connectivity index is 2.39. The van der Waals surface area contributed by atoms with Gasteiger partial charge in [0, 0.05) is 23.5 Å². The first-order valence-corrected chi connectivity index (χ1v) is 5.56. The van der Waals surface area contributed by atoms with E-state index in [9.17, 15) is 9.90 Å². The number of pyridine rings is 1. The highest BCUT2D eigenvalue weighted by molar-refractivity contribution is 5.90. The predicted octanol–water partition coefficient (Wildman–Crippen LogP) is 2.36. The zero-order chi connectivity index (χ0) is 13.7. The molecule has 0 saturated heterocycles. The first-order chi connectivity index (χ1) is 9.24. The lowest BCUT2D eigenvalue weighted by atomic mass is 10.1. The van der Waals surface area contributed by atoms with Crippen LogP contribution < -0.4 is 4.74 Å². The number of methoxy groups -OCH3 is 1. The summed E-state index contributed by atoms with van der Waals surface area (Å²) in [5.74, 6) is 0.678. The Labute approximate surface area is 110 Å². The van der Waals surface area contributed by atoms with E-state index in [1.807, 2.05) is 6.07 Å². The molecule has 2 rings (SSSR count). The van der Waals surface area contributed by atoms with Crippen LogP contribution in [-0.4, -0.2) is 29.7 Å². The van der Waals surface area contributed by atoms with Gasteiger partial charge in [0.05, 0.1) is 7.11 Å². The van der Waals surface area contributed by atoms with Crippen LogP contribution >= 0.6 is 0 Å². The molecule has 1 aromatic heterocycles. The van der Waals surface area contributed by atoms with E-state index in [1.54, 1.807) is 18.3 Å². The SMILES string of the molecule is COc1cc(C=O)cc(/C=N/c2ccccn2)c1O. The van der Waals surface area contributed by atoms with E-state index in [2.05, 4.69) is 9.98 Å². The van der Waals surface area contributed by atoms with E-state index >= 15 is 0 Å². The number of aliphatic imine (C=N–C) groups is 1. The topological polar surface area (TPSA) is 71.8 Å². The van der Waals surface area contributed by atoms with E-state index in [4.69, 9.17) is 4.74 Å². The van der Waals surface area contributed by atoms with Gasteiger partial charge in [0.15, 0.2) is 17.3 Å². The molecule has 0 aliphatic rings. The molecular weight excluding hydrogens is 244 g/mol. The maximum absolute atomic E-state index is 10.8. The van der Waals surface area contributed by atoms with Gasteiger partial charge in [-0.1, -0.05) is 6.07 Å². The number of aromatic nitrogens is 1. The molecule has 0 radical (unpaired) electrons. The van der Waals surface area contributed by atoms with Crippen LogP contribution in [0.5, 0.6) is 11.5 Å². The van der Waals surface area contributed by atoms with Crippen molar-refractivity contribution >= 4 is 18.3 Å². The molecule has 0 unspecified atom stereocenters. The van der Waals surface area contributed by atoms with Gasteiger partial charge in [0.2, 0.25) is 0 Å². The third kappa shape index (κ3) is 2.95. The van der Waals surface area contributed by atoms with Crippen molar-refractivity contribution in [3.05, 3.63) is 47.7 Å². The zero-order valence-corrected chi connectivity index (χ0v) is 10.3. The Morgan fingerprint density at radius 1 is 1.37 bits per heavy atom. The second kappa shape index (κ2) is 5.77. The maximum atomic E-state index is 10.8. The Morgan fingerprint density at radius 2 is 2.21 bits per heavy atom. The average Bonchev–Trinajstić information content (AvgIpc) is 2.47. The van der Waals surface area contributed by atoms with Crippen LogP contribution in [0.1, 0.15) is 15.9 Å². The third-order valence-electron chi connectivity index (χ3n) is 2.47. The molecule has 5 nitrogen and oxygen atoms in total. The third-order valence-corrected chi connectivity index (χ3v) is 2.47. The molecule has 2 aromatic rings. The number of aldehydes is 1. The molecule has 5 heteroatoms. The number of rotatable bonds is 4. The van der Waals surface area contributed by atoms with E-state index in [0.29, 0.717) is 23.2 Å². The van der Waals surface area contributed by atoms with Gasteiger partial charge in [0.1, 0.15) is 6.29 Å². The molecule has 0 atom stereocenters. The van der Waals surface area contributed by atoms with Crippen molar-refractivity contribution < 1.29 is 14.6 Å². The summed E-state index contributed by atoms with van der Waals surface area (Å²) in [7, 11) is 1.42. The van der Waals surface area contributed by atoms with Crippen LogP contribution in [0.4, 0.5) is 5.82 Å².